The van der Waals surface area contributed by atoms with Crippen LogP contribution in [0, 0.1) is 5.92 Å². The predicted octanol–water partition coefficient (Wildman–Crippen LogP) is 3.60. The van der Waals surface area contributed by atoms with Crippen molar-refractivity contribution in [3.8, 4) is 5.75 Å². The van der Waals surface area contributed by atoms with Crippen LogP contribution in [0.4, 0.5) is 5.95 Å². The number of anilines is 1. The van der Waals surface area contributed by atoms with E-state index < -0.39 is 0 Å². The van der Waals surface area contributed by atoms with Crippen molar-refractivity contribution in [1.29, 1.82) is 0 Å². The Hall–Kier alpha value is -1.71. The van der Waals surface area contributed by atoms with Gasteiger partial charge in [-0.15, -0.1) is 0 Å². The molecule has 3 rings (SSSR count). The molecule has 4 heteroatoms. The van der Waals surface area contributed by atoms with Crippen molar-refractivity contribution in [3.05, 3.63) is 18.2 Å². The average Bonchev–Trinajstić information content (AvgIpc) is 2.78. The van der Waals surface area contributed by atoms with E-state index in [9.17, 15) is 0 Å². The maximum absolute atomic E-state index is 6.13. The molecule has 1 saturated carbocycles. The molecule has 0 bridgehead atoms. The second kappa shape index (κ2) is 5.73. The highest BCUT2D eigenvalue weighted by Crippen LogP contribution is 2.31. The van der Waals surface area contributed by atoms with Gasteiger partial charge in [0.15, 0.2) is 0 Å². The van der Waals surface area contributed by atoms with Gasteiger partial charge in [-0.2, -0.15) is 0 Å². The number of fused-ring (bicyclic) bond motifs is 1. The smallest absolute Gasteiger partial charge is 0.201 e. The van der Waals surface area contributed by atoms with E-state index in [4.69, 9.17) is 10.5 Å². The zero-order valence-electron chi connectivity index (χ0n) is 12.1. The van der Waals surface area contributed by atoms with Gasteiger partial charge in [0, 0.05) is 6.54 Å². The fourth-order valence-corrected chi connectivity index (χ4v) is 3.23. The van der Waals surface area contributed by atoms with Crippen molar-refractivity contribution in [2.75, 3.05) is 12.3 Å². The van der Waals surface area contributed by atoms with Crippen LogP contribution >= 0.6 is 0 Å². The lowest BCUT2D eigenvalue weighted by Crippen LogP contribution is -2.15. The zero-order chi connectivity index (χ0) is 13.9. The molecule has 1 heterocycles. The van der Waals surface area contributed by atoms with Crippen molar-refractivity contribution < 1.29 is 4.74 Å². The highest BCUT2D eigenvalue weighted by Gasteiger charge is 2.18. The van der Waals surface area contributed by atoms with Gasteiger partial charge in [0.05, 0.1) is 12.1 Å². The van der Waals surface area contributed by atoms with Crippen LogP contribution < -0.4 is 10.5 Å². The zero-order valence-corrected chi connectivity index (χ0v) is 12.1. The van der Waals surface area contributed by atoms with Crippen molar-refractivity contribution in [3.63, 3.8) is 0 Å². The van der Waals surface area contributed by atoms with Gasteiger partial charge in [-0.1, -0.05) is 25.3 Å². The van der Waals surface area contributed by atoms with E-state index in [1.54, 1.807) is 0 Å². The van der Waals surface area contributed by atoms with E-state index in [1.165, 1.54) is 32.1 Å². The molecule has 1 fully saturated rings. The van der Waals surface area contributed by atoms with Gasteiger partial charge in [-0.3, -0.25) is 0 Å². The molecule has 4 nitrogen and oxygen atoms in total. The van der Waals surface area contributed by atoms with Crippen molar-refractivity contribution in [2.24, 2.45) is 5.92 Å². The third kappa shape index (κ3) is 2.47. The molecule has 0 atom stereocenters. The first kappa shape index (κ1) is 13.3. The molecule has 2 N–H and O–H groups in total. The van der Waals surface area contributed by atoms with Gasteiger partial charge in [0.2, 0.25) is 5.95 Å². The summed E-state index contributed by atoms with van der Waals surface area (Å²) in [7, 11) is 0. The number of nitrogens with two attached hydrogens (primary N) is 1. The quantitative estimate of drug-likeness (QED) is 0.926. The maximum atomic E-state index is 6.13. The minimum atomic E-state index is 0.609. The van der Waals surface area contributed by atoms with Crippen LogP contribution in [-0.2, 0) is 6.54 Å². The van der Waals surface area contributed by atoms with Gasteiger partial charge >= 0.3 is 0 Å². The van der Waals surface area contributed by atoms with Crippen LogP contribution in [0.2, 0.25) is 0 Å². The highest BCUT2D eigenvalue weighted by molar-refractivity contribution is 5.84. The van der Waals surface area contributed by atoms with Crippen LogP contribution in [0.15, 0.2) is 18.2 Å². The second-order valence-corrected chi connectivity index (χ2v) is 5.64. The third-order valence-electron chi connectivity index (χ3n) is 4.24. The van der Waals surface area contributed by atoms with Crippen LogP contribution in [0.1, 0.15) is 39.0 Å². The van der Waals surface area contributed by atoms with E-state index >= 15 is 0 Å². The highest BCUT2D eigenvalue weighted by atomic mass is 16.5. The topological polar surface area (TPSA) is 53.1 Å². The SMILES string of the molecule is CCOc1cccc2c1nc(N)n2CC1CCCCC1. The summed E-state index contributed by atoms with van der Waals surface area (Å²) in [6.07, 6.45) is 6.70. The number of rotatable bonds is 4. The molecule has 0 radical (unpaired) electrons. The Labute approximate surface area is 119 Å². The molecule has 1 aromatic heterocycles. The molecular formula is C16H23N3O. The van der Waals surface area contributed by atoms with Crippen LogP contribution in [-0.4, -0.2) is 16.2 Å². The standard InChI is InChI=1S/C16H23N3O/c1-2-20-14-10-6-9-13-15(14)18-16(17)19(13)11-12-7-4-3-5-8-12/h6,9-10,12H,2-5,7-8,11H2,1H3,(H2,17,18). The van der Waals surface area contributed by atoms with Crippen molar-refractivity contribution in [2.45, 2.75) is 45.6 Å². The Morgan fingerprint density at radius 3 is 2.85 bits per heavy atom. The monoisotopic (exact) mass is 273 g/mol. The number of hydrogen-bond donors (Lipinski definition) is 1. The van der Waals surface area contributed by atoms with Gasteiger partial charge in [0.1, 0.15) is 11.3 Å². The number of nitrogen functional groups attached to an aromatic ring is 1. The van der Waals surface area contributed by atoms with Gasteiger partial charge in [-0.25, -0.2) is 4.98 Å². The molecule has 1 aliphatic rings. The molecule has 0 unspecified atom stereocenters. The Kier molecular flexibility index (Phi) is 3.81. The molecule has 20 heavy (non-hydrogen) atoms. The largest absolute Gasteiger partial charge is 0.492 e. The summed E-state index contributed by atoms with van der Waals surface area (Å²) >= 11 is 0. The first-order valence-corrected chi connectivity index (χ1v) is 7.67. The first-order chi connectivity index (χ1) is 9.79. The normalized spacial score (nSPS) is 16.6. The average molecular weight is 273 g/mol. The minimum absolute atomic E-state index is 0.609. The second-order valence-electron chi connectivity index (χ2n) is 5.64. The minimum Gasteiger partial charge on any atom is -0.492 e. The number of imidazole rings is 1. The summed E-state index contributed by atoms with van der Waals surface area (Å²) in [5, 5.41) is 0. The summed E-state index contributed by atoms with van der Waals surface area (Å²) in [6.45, 7) is 3.62. The number of para-hydroxylation sites is 1. The Morgan fingerprint density at radius 2 is 2.10 bits per heavy atom. The fourth-order valence-electron chi connectivity index (χ4n) is 3.23. The van der Waals surface area contributed by atoms with E-state index in [-0.39, 0.29) is 0 Å². The lowest BCUT2D eigenvalue weighted by Gasteiger charge is -2.22. The Bertz CT molecular complexity index is 585. The number of ether oxygens (including phenoxy) is 1. The van der Waals surface area contributed by atoms with Crippen LogP contribution in [0.5, 0.6) is 5.75 Å². The summed E-state index contributed by atoms with van der Waals surface area (Å²) in [4.78, 5) is 4.51. The molecule has 1 aliphatic carbocycles. The summed E-state index contributed by atoms with van der Waals surface area (Å²) in [5.41, 5.74) is 8.12. The first-order valence-electron chi connectivity index (χ1n) is 7.67. The van der Waals surface area contributed by atoms with Crippen molar-refractivity contribution >= 4 is 17.0 Å². The van der Waals surface area contributed by atoms with Gasteiger partial charge < -0.3 is 15.0 Å². The van der Waals surface area contributed by atoms with E-state index in [0.717, 1.165) is 29.2 Å². The summed E-state index contributed by atoms with van der Waals surface area (Å²) in [6, 6.07) is 6.07. The third-order valence-corrected chi connectivity index (χ3v) is 4.24. The van der Waals surface area contributed by atoms with Gasteiger partial charge in [-0.05, 0) is 37.8 Å². The van der Waals surface area contributed by atoms with Gasteiger partial charge in [0.25, 0.3) is 0 Å². The van der Waals surface area contributed by atoms with Crippen LogP contribution in [0.25, 0.3) is 11.0 Å². The Balaban J connectivity index is 1.93. The lowest BCUT2D eigenvalue weighted by atomic mass is 9.89. The molecule has 1 aromatic carbocycles. The summed E-state index contributed by atoms with van der Waals surface area (Å²) in [5.74, 6) is 2.18. The molecule has 108 valence electrons. The maximum Gasteiger partial charge on any atom is 0.201 e. The fraction of sp³-hybridized carbons (Fsp3) is 0.562. The lowest BCUT2D eigenvalue weighted by molar-refractivity contribution is 0.323. The molecule has 0 spiro atoms. The molecular weight excluding hydrogens is 250 g/mol. The number of benzene rings is 1. The van der Waals surface area contributed by atoms with E-state index in [0.29, 0.717) is 12.6 Å². The van der Waals surface area contributed by atoms with Crippen molar-refractivity contribution in [1.82, 2.24) is 9.55 Å². The Morgan fingerprint density at radius 1 is 1.30 bits per heavy atom. The molecule has 0 aliphatic heterocycles. The van der Waals surface area contributed by atoms with E-state index in [1.807, 2.05) is 19.1 Å². The van der Waals surface area contributed by atoms with E-state index in [2.05, 4.69) is 15.6 Å². The predicted molar refractivity (Wildman–Crippen MR) is 81.9 cm³/mol. The molecule has 0 saturated heterocycles. The molecule has 0 amide bonds. The van der Waals surface area contributed by atoms with Crippen LogP contribution in [0.3, 0.4) is 0 Å². The molecule has 2 aromatic rings. The summed E-state index contributed by atoms with van der Waals surface area (Å²) < 4.78 is 7.81. The number of hydrogen-bond acceptors (Lipinski definition) is 3. The number of aromatic nitrogens is 2. The number of nitrogens with zero attached hydrogens (tertiary/aromatic N) is 2.